The van der Waals surface area contributed by atoms with E-state index in [0.717, 1.165) is 18.5 Å². The molecule has 126 valence electrons. The zero-order chi connectivity index (χ0) is 16.9. The lowest BCUT2D eigenvalue weighted by molar-refractivity contribution is -0.114. The molecule has 0 atom stereocenters. The minimum atomic E-state index is -0.175. The second-order valence-corrected chi connectivity index (χ2v) is 7.10. The van der Waals surface area contributed by atoms with Crippen molar-refractivity contribution in [3.8, 4) is 0 Å². The molecule has 0 aliphatic heterocycles. The summed E-state index contributed by atoms with van der Waals surface area (Å²) >= 11 is 1.59. The van der Waals surface area contributed by atoms with E-state index in [1.807, 2.05) is 0 Å². The van der Waals surface area contributed by atoms with Gasteiger partial charge in [-0.1, -0.05) is 12.8 Å². The Hall–Kier alpha value is -2.21. The van der Waals surface area contributed by atoms with Gasteiger partial charge in [0, 0.05) is 23.1 Å². The minimum absolute atomic E-state index is 0.132. The van der Waals surface area contributed by atoms with Crippen molar-refractivity contribution in [3.05, 3.63) is 40.4 Å². The van der Waals surface area contributed by atoms with Crippen LogP contribution in [0, 0.1) is 0 Å². The summed E-state index contributed by atoms with van der Waals surface area (Å²) in [6, 6.07) is 6.84. The quantitative estimate of drug-likeness (QED) is 0.884. The second kappa shape index (κ2) is 7.57. The number of carbonyl (C=O) groups excluding carboxylic acids is 2. The van der Waals surface area contributed by atoms with E-state index in [9.17, 15) is 9.59 Å². The highest BCUT2D eigenvalue weighted by atomic mass is 32.1. The Morgan fingerprint density at radius 3 is 2.42 bits per heavy atom. The lowest BCUT2D eigenvalue weighted by Gasteiger charge is -2.06. The van der Waals surface area contributed by atoms with Crippen molar-refractivity contribution < 1.29 is 9.59 Å². The Kier molecular flexibility index (Phi) is 5.25. The number of hydrogen-bond donors (Lipinski definition) is 2. The summed E-state index contributed by atoms with van der Waals surface area (Å²) in [5.41, 5.74) is 2.37. The van der Waals surface area contributed by atoms with E-state index in [4.69, 9.17) is 0 Å². The fraction of sp³-hybridized carbons (Fsp3) is 0.389. The third-order valence-electron chi connectivity index (χ3n) is 4.03. The first-order valence-electron chi connectivity index (χ1n) is 8.29. The highest BCUT2D eigenvalue weighted by Crippen LogP contribution is 2.28. The molecule has 1 aromatic heterocycles. The van der Waals surface area contributed by atoms with E-state index in [1.54, 1.807) is 35.6 Å². The van der Waals surface area contributed by atoms with Gasteiger partial charge in [0.05, 0.1) is 5.69 Å². The lowest BCUT2D eigenvalue weighted by atomic mass is 10.0. The van der Waals surface area contributed by atoms with E-state index in [-0.39, 0.29) is 11.8 Å². The van der Waals surface area contributed by atoms with Crippen molar-refractivity contribution in [2.75, 3.05) is 10.6 Å². The molecule has 24 heavy (non-hydrogen) atoms. The molecule has 0 saturated heterocycles. The topological polar surface area (TPSA) is 71.1 Å². The predicted octanol–water partition coefficient (Wildman–Crippen LogP) is 4.01. The van der Waals surface area contributed by atoms with Gasteiger partial charge < -0.3 is 5.32 Å². The molecule has 1 heterocycles. The van der Waals surface area contributed by atoms with Crippen LogP contribution in [0.1, 0.15) is 53.5 Å². The fourth-order valence-corrected chi connectivity index (χ4v) is 3.88. The molecular weight excluding hydrogens is 322 g/mol. The standard InChI is InChI=1S/C18H21N3O2S/c1-12(22)19-14-10-8-13(9-11-14)17(23)21-18-20-15-6-4-2-3-5-7-16(15)24-18/h8-11H,2-7H2,1H3,(H,19,22)(H,20,21,23). The molecule has 2 amide bonds. The number of hydrogen-bond acceptors (Lipinski definition) is 4. The highest BCUT2D eigenvalue weighted by Gasteiger charge is 2.15. The maximum Gasteiger partial charge on any atom is 0.257 e. The SMILES string of the molecule is CC(=O)Nc1ccc(C(=O)Nc2nc3c(s2)CCCCCC3)cc1. The number of carbonyl (C=O) groups is 2. The van der Waals surface area contributed by atoms with Crippen molar-refractivity contribution in [1.29, 1.82) is 0 Å². The lowest BCUT2D eigenvalue weighted by Crippen LogP contribution is -2.12. The number of nitrogens with zero attached hydrogens (tertiary/aromatic N) is 1. The largest absolute Gasteiger partial charge is 0.326 e. The van der Waals surface area contributed by atoms with E-state index >= 15 is 0 Å². The predicted molar refractivity (Wildman–Crippen MR) is 96.7 cm³/mol. The zero-order valence-electron chi connectivity index (χ0n) is 13.7. The van der Waals surface area contributed by atoms with Crippen LogP contribution in [0.3, 0.4) is 0 Å². The Morgan fingerprint density at radius 2 is 1.71 bits per heavy atom. The molecule has 0 spiro atoms. The normalized spacial score (nSPS) is 14.2. The Balaban J connectivity index is 1.68. The van der Waals surface area contributed by atoms with Crippen LogP contribution in [-0.4, -0.2) is 16.8 Å². The minimum Gasteiger partial charge on any atom is -0.326 e. The second-order valence-electron chi connectivity index (χ2n) is 6.02. The van der Waals surface area contributed by atoms with Gasteiger partial charge in [0.2, 0.25) is 5.91 Å². The number of anilines is 2. The Bertz CT molecular complexity index is 712. The van der Waals surface area contributed by atoms with Crippen LogP contribution in [0.5, 0.6) is 0 Å². The maximum atomic E-state index is 12.4. The molecule has 0 saturated carbocycles. The van der Waals surface area contributed by atoms with Gasteiger partial charge in [0.25, 0.3) is 5.91 Å². The van der Waals surface area contributed by atoms with Crippen molar-refractivity contribution >= 4 is 34.0 Å². The van der Waals surface area contributed by atoms with Crippen LogP contribution in [0.15, 0.2) is 24.3 Å². The fourth-order valence-electron chi connectivity index (χ4n) is 2.84. The summed E-state index contributed by atoms with van der Waals surface area (Å²) in [4.78, 5) is 29.3. The third kappa shape index (κ3) is 4.20. The van der Waals surface area contributed by atoms with Gasteiger partial charge in [0.1, 0.15) is 0 Å². The molecule has 2 N–H and O–H groups in total. The van der Waals surface area contributed by atoms with Crippen LogP contribution in [-0.2, 0) is 17.6 Å². The van der Waals surface area contributed by atoms with Crippen LogP contribution < -0.4 is 10.6 Å². The summed E-state index contributed by atoms with van der Waals surface area (Å²) in [7, 11) is 0. The molecular formula is C18H21N3O2S. The number of fused-ring (bicyclic) bond motifs is 1. The van der Waals surface area contributed by atoms with Crippen molar-refractivity contribution in [1.82, 2.24) is 4.98 Å². The van der Waals surface area contributed by atoms with Gasteiger partial charge in [-0.2, -0.15) is 0 Å². The molecule has 0 fully saturated rings. The summed E-state index contributed by atoms with van der Waals surface area (Å²) in [5, 5.41) is 6.26. The van der Waals surface area contributed by atoms with Gasteiger partial charge >= 0.3 is 0 Å². The van der Waals surface area contributed by atoms with Gasteiger partial charge in [-0.25, -0.2) is 4.98 Å². The average Bonchev–Trinajstić information content (AvgIpc) is 2.88. The van der Waals surface area contributed by atoms with Crippen molar-refractivity contribution in [3.63, 3.8) is 0 Å². The number of amides is 2. The molecule has 2 aromatic rings. The van der Waals surface area contributed by atoms with Crippen LogP contribution in [0.4, 0.5) is 10.8 Å². The van der Waals surface area contributed by atoms with Gasteiger partial charge in [0.15, 0.2) is 5.13 Å². The molecule has 0 bridgehead atoms. The molecule has 1 aliphatic rings. The van der Waals surface area contributed by atoms with Gasteiger partial charge in [-0.05, 0) is 49.9 Å². The summed E-state index contributed by atoms with van der Waals surface area (Å²) in [5.74, 6) is -0.307. The molecule has 0 radical (unpaired) electrons. The Morgan fingerprint density at radius 1 is 1.00 bits per heavy atom. The van der Waals surface area contributed by atoms with Gasteiger partial charge in [-0.3, -0.25) is 14.9 Å². The maximum absolute atomic E-state index is 12.4. The number of aromatic nitrogens is 1. The molecule has 1 aliphatic carbocycles. The smallest absolute Gasteiger partial charge is 0.257 e. The number of aryl methyl sites for hydroxylation is 2. The first-order chi connectivity index (χ1) is 11.6. The molecule has 6 heteroatoms. The van der Waals surface area contributed by atoms with E-state index in [2.05, 4.69) is 15.6 Å². The van der Waals surface area contributed by atoms with Crippen LogP contribution >= 0.6 is 11.3 Å². The molecule has 3 rings (SSSR count). The first kappa shape index (κ1) is 16.6. The first-order valence-corrected chi connectivity index (χ1v) is 9.11. The van der Waals surface area contributed by atoms with E-state index in [1.165, 1.54) is 37.5 Å². The number of thiazole rings is 1. The van der Waals surface area contributed by atoms with Crippen LogP contribution in [0.25, 0.3) is 0 Å². The monoisotopic (exact) mass is 343 g/mol. The summed E-state index contributed by atoms with van der Waals surface area (Å²) in [6.45, 7) is 1.45. The number of rotatable bonds is 3. The van der Waals surface area contributed by atoms with E-state index in [0.29, 0.717) is 16.4 Å². The Labute approximate surface area is 145 Å². The zero-order valence-corrected chi connectivity index (χ0v) is 14.5. The van der Waals surface area contributed by atoms with Crippen LogP contribution in [0.2, 0.25) is 0 Å². The molecule has 5 nitrogen and oxygen atoms in total. The number of nitrogens with one attached hydrogen (secondary N) is 2. The van der Waals surface area contributed by atoms with Crippen molar-refractivity contribution in [2.24, 2.45) is 0 Å². The third-order valence-corrected chi connectivity index (χ3v) is 5.11. The molecule has 0 unspecified atom stereocenters. The van der Waals surface area contributed by atoms with E-state index < -0.39 is 0 Å². The van der Waals surface area contributed by atoms with Gasteiger partial charge in [-0.15, -0.1) is 11.3 Å². The van der Waals surface area contributed by atoms with Crippen molar-refractivity contribution in [2.45, 2.75) is 45.4 Å². The highest BCUT2D eigenvalue weighted by molar-refractivity contribution is 7.15. The summed E-state index contributed by atoms with van der Waals surface area (Å²) in [6.07, 6.45) is 6.99. The number of benzene rings is 1. The summed E-state index contributed by atoms with van der Waals surface area (Å²) < 4.78 is 0. The molecule has 1 aromatic carbocycles. The average molecular weight is 343 g/mol.